The smallest absolute Gasteiger partial charge is 0.161 e. The van der Waals surface area contributed by atoms with Crippen LogP contribution < -0.4 is 9.47 Å². The molecule has 1 saturated carbocycles. The Morgan fingerprint density at radius 3 is 2.16 bits per heavy atom. The number of ether oxygens (including phenoxy) is 3. The molecule has 5 heteroatoms. The molecule has 2 rings (SSSR count). The molecular weight excluding hydrogens is 476 g/mol. The second-order valence-corrected chi connectivity index (χ2v) is 12.1. The molecule has 1 fully saturated rings. The van der Waals surface area contributed by atoms with Crippen molar-refractivity contribution in [2.45, 2.75) is 112 Å². The number of methoxy groups -OCH3 is 2. The van der Waals surface area contributed by atoms with Crippen LogP contribution in [0.25, 0.3) is 0 Å². The summed E-state index contributed by atoms with van der Waals surface area (Å²) in [7, 11) is 3.34. The van der Waals surface area contributed by atoms with E-state index in [9.17, 15) is 9.90 Å². The Labute approximate surface area is 234 Å². The predicted octanol–water partition coefficient (Wildman–Crippen LogP) is 7.90. The van der Waals surface area contributed by atoms with Gasteiger partial charge in [-0.15, -0.1) is 0 Å². The zero-order valence-electron chi connectivity index (χ0n) is 25.8. The third kappa shape index (κ3) is 14.0. The SMILES string of the molecule is CC1CCCCC1.COCCCOc1cc(CC(CC[C@@H](O)CC(C(C)=O)C(C)C)C(C)C)ccc1OC. The average Bonchev–Trinajstić information content (AvgIpc) is 2.88. The highest BCUT2D eigenvalue weighted by atomic mass is 16.5. The van der Waals surface area contributed by atoms with Crippen LogP contribution >= 0.6 is 0 Å². The summed E-state index contributed by atoms with van der Waals surface area (Å²) in [5.74, 6) is 3.84. The Hall–Kier alpha value is -1.59. The molecular formula is C33H58O5. The molecule has 1 N–H and O–H groups in total. The second-order valence-electron chi connectivity index (χ2n) is 12.1. The number of ketones is 1. The van der Waals surface area contributed by atoms with Gasteiger partial charge in [-0.25, -0.2) is 0 Å². The van der Waals surface area contributed by atoms with Gasteiger partial charge in [0.1, 0.15) is 5.78 Å². The third-order valence-corrected chi connectivity index (χ3v) is 8.04. The van der Waals surface area contributed by atoms with Crippen molar-refractivity contribution in [3.05, 3.63) is 23.8 Å². The van der Waals surface area contributed by atoms with E-state index in [1.807, 2.05) is 19.9 Å². The second kappa shape index (κ2) is 19.5. The summed E-state index contributed by atoms with van der Waals surface area (Å²) in [6.45, 7) is 13.8. The number of hydrogen-bond acceptors (Lipinski definition) is 5. The normalized spacial score (nSPS) is 16.5. The standard InChI is InChI=1S/C26H44O5.C7H14/c1-18(2)22(10-11-23(28)17-24(19(3)4)20(5)27)15-21-9-12-25(30-7)26(16-21)31-14-8-13-29-6;1-7-5-3-2-4-6-7/h9,12,16,18-19,22-24,28H,8,10-11,13-15,17H2,1-7H3;7H,2-6H2,1H3/t22?,23-,24?;/m1./s1. The molecule has 1 aliphatic rings. The van der Waals surface area contributed by atoms with Gasteiger partial charge in [-0.05, 0) is 74.0 Å². The fraction of sp³-hybridized carbons (Fsp3) is 0.788. The van der Waals surface area contributed by atoms with E-state index in [4.69, 9.17) is 14.2 Å². The minimum absolute atomic E-state index is 0.0631. The van der Waals surface area contributed by atoms with E-state index in [0.29, 0.717) is 31.5 Å². The fourth-order valence-electron chi connectivity index (χ4n) is 5.35. The molecule has 0 radical (unpaired) electrons. The van der Waals surface area contributed by atoms with E-state index in [0.717, 1.165) is 43.1 Å². The van der Waals surface area contributed by atoms with Gasteiger partial charge in [0.2, 0.25) is 0 Å². The minimum Gasteiger partial charge on any atom is -0.493 e. The lowest BCUT2D eigenvalue weighted by Crippen LogP contribution is -2.24. The number of carbonyl (C=O) groups is 1. The number of rotatable bonds is 16. The molecule has 38 heavy (non-hydrogen) atoms. The summed E-state index contributed by atoms with van der Waals surface area (Å²) < 4.78 is 16.5. The van der Waals surface area contributed by atoms with Gasteiger partial charge in [-0.2, -0.15) is 0 Å². The molecule has 0 amide bonds. The van der Waals surface area contributed by atoms with Crippen LogP contribution in [-0.2, 0) is 16.0 Å². The maximum absolute atomic E-state index is 11.9. The first-order chi connectivity index (χ1) is 18.1. The zero-order valence-corrected chi connectivity index (χ0v) is 25.8. The number of hydrogen-bond donors (Lipinski definition) is 1. The van der Waals surface area contributed by atoms with Crippen molar-refractivity contribution in [1.29, 1.82) is 0 Å². The van der Waals surface area contributed by atoms with Gasteiger partial charge in [0, 0.05) is 26.1 Å². The lowest BCUT2D eigenvalue weighted by molar-refractivity contribution is -0.123. The maximum Gasteiger partial charge on any atom is 0.161 e. The first-order valence-corrected chi connectivity index (χ1v) is 15.1. The van der Waals surface area contributed by atoms with Crippen LogP contribution in [0.15, 0.2) is 18.2 Å². The molecule has 3 atom stereocenters. The largest absolute Gasteiger partial charge is 0.493 e. The van der Waals surface area contributed by atoms with Crippen LogP contribution in [0.3, 0.4) is 0 Å². The van der Waals surface area contributed by atoms with Gasteiger partial charge in [-0.3, -0.25) is 4.79 Å². The Bertz CT molecular complexity index is 754. The van der Waals surface area contributed by atoms with Crippen molar-refractivity contribution in [2.24, 2.45) is 29.6 Å². The number of benzene rings is 1. The summed E-state index contributed by atoms with van der Waals surface area (Å²) in [6, 6.07) is 6.13. The van der Waals surface area contributed by atoms with Crippen molar-refractivity contribution < 1.29 is 24.1 Å². The number of aliphatic hydroxyl groups is 1. The highest BCUT2D eigenvalue weighted by Gasteiger charge is 2.23. The van der Waals surface area contributed by atoms with Crippen molar-refractivity contribution in [1.82, 2.24) is 0 Å². The summed E-state index contributed by atoms with van der Waals surface area (Å²) >= 11 is 0. The lowest BCUT2D eigenvalue weighted by Gasteiger charge is -2.25. The summed E-state index contributed by atoms with van der Waals surface area (Å²) in [6.07, 6.45) is 10.9. The quantitative estimate of drug-likeness (QED) is 0.218. The van der Waals surface area contributed by atoms with Crippen LogP contribution in [0.1, 0.15) is 105 Å². The van der Waals surface area contributed by atoms with Crippen LogP contribution in [0.2, 0.25) is 0 Å². The Kier molecular flexibility index (Phi) is 17.6. The van der Waals surface area contributed by atoms with Gasteiger partial charge in [0.15, 0.2) is 11.5 Å². The van der Waals surface area contributed by atoms with Gasteiger partial charge in [-0.1, -0.05) is 72.8 Å². The summed E-state index contributed by atoms with van der Waals surface area (Å²) in [5.41, 5.74) is 1.21. The monoisotopic (exact) mass is 534 g/mol. The van der Waals surface area contributed by atoms with Gasteiger partial charge in [0.05, 0.1) is 19.8 Å². The van der Waals surface area contributed by atoms with Gasteiger partial charge < -0.3 is 19.3 Å². The molecule has 0 spiro atoms. The minimum atomic E-state index is -0.437. The van der Waals surface area contributed by atoms with Crippen LogP contribution in [0, 0.1) is 29.6 Å². The van der Waals surface area contributed by atoms with E-state index in [2.05, 4.69) is 32.9 Å². The number of aliphatic hydroxyl groups excluding tert-OH is 1. The molecule has 0 bridgehead atoms. The molecule has 2 unspecified atom stereocenters. The van der Waals surface area contributed by atoms with Crippen molar-refractivity contribution in [3.63, 3.8) is 0 Å². The molecule has 0 aliphatic heterocycles. The van der Waals surface area contributed by atoms with Crippen molar-refractivity contribution in [3.8, 4) is 11.5 Å². The lowest BCUT2D eigenvalue weighted by atomic mass is 9.82. The average molecular weight is 535 g/mol. The van der Waals surface area contributed by atoms with E-state index >= 15 is 0 Å². The molecule has 0 aromatic heterocycles. The number of carbonyl (C=O) groups excluding carboxylic acids is 1. The molecule has 0 saturated heterocycles. The molecule has 0 heterocycles. The molecule has 1 aliphatic carbocycles. The Morgan fingerprint density at radius 2 is 1.66 bits per heavy atom. The number of Topliss-reactive ketones (excluding diaryl/α,β-unsaturated/α-hetero) is 1. The van der Waals surface area contributed by atoms with E-state index < -0.39 is 6.10 Å². The maximum atomic E-state index is 11.9. The van der Waals surface area contributed by atoms with Gasteiger partial charge >= 0.3 is 0 Å². The Morgan fingerprint density at radius 1 is 0.974 bits per heavy atom. The van der Waals surface area contributed by atoms with Gasteiger partial charge in [0.25, 0.3) is 0 Å². The zero-order chi connectivity index (χ0) is 28.5. The first kappa shape index (κ1) is 34.4. The molecule has 1 aromatic rings. The van der Waals surface area contributed by atoms with Crippen LogP contribution in [-0.4, -0.2) is 44.4 Å². The topological polar surface area (TPSA) is 65.0 Å². The highest BCUT2D eigenvalue weighted by Crippen LogP contribution is 2.32. The highest BCUT2D eigenvalue weighted by molar-refractivity contribution is 5.78. The predicted molar refractivity (Wildman–Crippen MR) is 158 cm³/mol. The van der Waals surface area contributed by atoms with E-state index in [1.54, 1.807) is 21.1 Å². The van der Waals surface area contributed by atoms with E-state index in [1.165, 1.54) is 37.7 Å². The molecule has 1 aromatic carbocycles. The third-order valence-electron chi connectivity index (χ3n) is 8.04. The molecule has 5 nitrogen and oxygen atoms in total. The first-order valence-electron chi connectivity index (χ1n) is 15.1. The molecule has 220 valence electrons. The van der Waals surface area contributed by atoms with Crippen LogP contribution in [0.5, 0.6) is 11.5 Å². The fourth-order valence-corrected chi connectivity index (χ4v) is 5.35. The van der Waals surface area contributed by atoms with E-state index in [-0.39, 0.29) is 17.6 Å². The summed E-state index contributed by atoms with van der Waals surface area (Å²) in [5, 5.41) is 10.6. The Balaban J connectivity index is 0.000000884. The van der Waals surface area contributed by atoms with Crippen molar-refractivity contribution >= 4 is 5.78 Å². The van der Waals surface area contributed by atoms with Crippen molar-refractivity contribution in [2.75, 3.05) is 27.4 Å². The van der Waals surface area contributed by atoms with Crippen LogP contribution in [0.4, 0.5) is 0 Å². The summed E-state index contributed by atoms with van der Waals surface area (Å²) in [4.78, 5) is 11.9.